The molecule has 78 valence electrons. The molecule has 0 saturated heterocycles. The van der Waals surface area contributed by atoms with E-state index in [1.165, 1.54) is 0 Å². The van der Waals surface area contributed by atoms with Crippen LogP contribution in [0.3, 0.4) is 0 Å². The van der Waals surface area contributed by atoms with Gasteiger partial charge < -0.3 is 14.9 Å². The summed E-state index contributed by atoms with van der Waals surface area (Å²) in [5.74, 6) is -0.804. The van der Waals surface area contributed by atoms with Crippen LogP contribution in [0.1, 0.15) is 0 Å². The summed E-state index contributed by atoms with van der Waals surface area (Å²) in [5.41, 5.74) is 0. The van der Waals surface area contributed by atoms with Gasteiger partial charge in [0.25, 0.3) is 0 Å². The molecule has 0 fully saturated rings. The molecule has 0 saturated carbocycles. The van der Waals surface area contributed by atoms with Crippen LogP contribution in [0.15, 0.2) is 0 Å². The molecule has 7 heteroatoms. The first-order chi connectivity index (χ1) is 5.70. The van der Waals surface area contributed by atoms with Crippen molar-refractivity contribution in [1.82, 2.24) is 0 Å². The average Bonchev–Trinajstić information content (AvgIpc) is 2.11. The van der Waals surface area contributed by atoms with Crippen LogP contribution >= 0.6 is 25.3 Å². The molecule has 0 aliphatic heterocycles. The lowest BCUT2D eigenvalue weighted by atomic mass is 10.7. The highest BCUT2D eigenvalue weighted by Gasteiger charge is 2.00. The molecule has 0 heterocycles. The fourth-order valence-electron chi connectivity index (χ4n) is 0.402. The van der Waals surface area contributed by atoms with E-state index in [1.54, 1.807) is 0 Å². The second kappa shape index (κ2) is 9.69. The fraction of sp³-hybridized carbons (Fsp3) is 0.667. The Morgan fingerprint density at radius 2 is 1.23 bits per heavy atom. The van der Waals surface area contributed by atoms with Gasteiger partial charge in [-0.05, 0) is 0 Å². The normalized spacial score (nSPS) is 8.46. The molecule has 0 unspecified atom stereocenters. The molecule has 5 nitrogen and oxygen atoms in total. The molecule has 0 aromatic rings. The van der Waals surface area contributed by atoms with Crippen LogP contribution < -0.4 is 0 Å². The fourth-order valence-corrected chi connectivity index (χ4v) is 0.585. The monoisotopic (exact) mass is 228 g/mol. The number of rotatable bonds is 5. The summed E-state index contributed by atoms with van der Waals surface area (Å²) in [5, 5.41) is 0. The topological polar surface area (TPSA) is 84.1 Å². The van der Waals surface area contributed by atoms with E-state index in [0.29, 0.717) is 0 Å². The van der Waals surface area contributed by atoms with Crippen LogP contribution in [-0.4, -0.2) is 42.1 Å². The molecule has 0 bridgehead atoms. The molecule has 0 radical (unpaired) electrons. The molecule has 0 aliphatic carbocycles. The largest absolute Gasteiger partial charge is 0.461 e. The van der Waals surface area contributed by atoms with E-state index in [4.69, 9.17) is 0 Å². The molecular weight excluding hydrogens is 216 g/mol. The second-order valence-corrected chi connectivity index (χ2v) is 2.39. The lowest BCUT2D eigenvalue weighted by Gasteiger charge is -2.03. The maximum atomic E-state index is 10.5. The van der Waals surface area contributed by atoms with Gasteiger partial charge in [0.05, 0.1) is 11.5 Å². The van der Waals surface area contributed by atoms with Crippen LogP contribution in [-0.2, 0) is 19.1 Å². The zero-order valence-electron chi connectivity index (χ0n) is 6.86. The predicted molar refractivity (Wildman–Crippen MR) is 53.2 cm³/mol. The summed E-state index contributed by atoms with van der Waals surface area (Å²) in [6.07, 6.45) is 0. The van der Waals surface area contributed by atoms with Gasteiger partial charge in [-0.3, -0.25) is 9.59 Å². The van der Waals surface area contributed by atoms with Crippen LogP contribution in [0.2, 0.25) is 0 Å². The van der Waals surface area contributed by atoms with E-state index in [-0.39, 0.29) is 30.2 Å². The Bertz CT molecular complexity index is 143. The second-order valence-electron chi connectivity index (χ2n) is 1.76. The number of carbonyl (C=O) groups excluding carboxylic acids is 2. The van der Waals surface area contributed by atoms with Gasteiger partial charge in [0.15, 0.2) is 0 Å². The maximum Gasteiger partial charge on any atom is 0.315 e. The van der Waals surface area contributed by atoms with E-state index in [0.717, 1.165) is 0 Å². The highest BCUT2D eigenvalue weighted by Crippen LogP contribution is 1.85. The van der Waals surface area contributed by atoms with E-state index >= 15 is 0 Å². The summed E-state index contributed by atoms with van der Waals surface area (Å²) in [6.45, 7) is 0.137. The first-order valence-corrected chi connectivity index (χ1v) is 4.50. The van der Waals surface area contributed by atoms with E-state index in [2.05, 4.69) is 34.7 Å². The Labute approximate surface area is 86.9 Å². The van der Waals surface area contributed by atoms with Crippen molar-refractivity contribution in [3.63, 3.8) is 0 Å². The standard InChI is InChI=1S/C6H10O4S2.H2O/c7-5(3-11)9-1-2-10-6(8)4-12;/h11-12H,1-4H2;1H2. The summed E-state index contributed by atoms with van der Waals surface area (Å²) in [4.78, 5) is 20.9. The quantitative estimate of drug-likeness (QED) is 0.363. The number of hydrogen-bond acceptors (Lipinski definition) is 6. The molecule has 0 atom stereocenters. The highest BCUT2D eigenvalue weighted by atomic mass is 32.1. The van der Waals surface area contributed by atoms with Crippen molar-refractivity contribution in [2.24, 2.45) is 0 Å². The minimum absolute atomic E-state index is 0. The summed E-state index contributed by atoms with van der Waals surface area (Å²) < 4.78 is 9.14. The summed E-state index contributed by atoms with van der Waals surface area (Å²) >= 11 is 7.36. The molecule has 0 spiro atoms. The zero-order valence-corrected chi connectivity index (χ0v) is 8.64. The van der Waals surface area contributed by atoms with Crippen LogP contribution in [0, 0.1) is 0 Å². The van der Waals surface area contributed by atoms with Crippen molar-refractivity contribution in [1.29, 1.82) is 0 Å². The maximum absolute atomic E-state index is 10.5. The minimum atomic E-state index is -0.430. The Balaban J connectivity index is 0. The smallest absolute Gasteiger partial charge is 0.315 e. The lowest BCUT2D eigenvalue weighted by molar-refractivity contribution is -0.148. The predicted octanol–water partition coefficient (Wildman–Crippen LogP) is -0.892. The molecule has 0 aromatic heterocycles. The SMILES string of the molecule is O.O=C(CS)OCCOC(=O)CS. The molecule has 0 amide bonds. The Kier molecular flexibility index (Phi) is 11.2. The van der Waals surface area contributed by atoms with Gasteiger partial charge in [0.2, 0.25) is 0 Å². The number of carbonyl (C=O) groups is 2. The third kappa shape index (κ3) is 9.51. The van der Waals surface area contributed by atoms with E-state index in [9.17, 15) is 9.59 Å². The van der Waals surface area contributed by atoms with Crippen molar-refractivity contribution in [2.45, 2.75) is 0 Å². The summed E-state index contributed by atoms with van der Waals surface area (Å²) in [6, 6.07) is 0. The van der Waals surface area contributed by atoms with Gasteiger partial charge in [-0.15, -0.1) is 0 Å². The molecule has 13 heavy (non-hydrogen) atoms. The highest BCUT2D eigenvalue weighted by molar-refractivity contribution is 7.81. The molecule has 0 rings (SSSR count). The summed E-state index contributed by atoms with van der Waals surface area (Å²) in [7, 11) is 0. The Morgan fingerprint density at radius 1 is 0.923 bits per heavy atom. The van der Waals surface area contributed by atoms with Crippen LogP contribution in [0.25, 0.3) is 0 Å². The van der Waals surface area contributed by atoms with Crippen LogP contribution in [0.5, 0.6) is 0 Å². The Morgan fingerprint density at radius 3 is 1.46 bits per heavy atom. The first kappa shape index (κ1) is 15.1. The third-order valence-electron chi connectivity index (χ3n) is 0.868. The van der Waals surface area contributed by atoms with Crippen molar-refractivity contribution in [2.75, 3.05) is 24.7 Å². The van der Waals surface area contributed by atoms with Crippen molar-refractivity contribution in [3.8, 4) is 0 Å². The van der Waals surface area contributed by atoms with Crippen molar-refractivity contribution < 1.29 is 24.5 Å². The van der Waals surface area contributed by atoms with Gasteiger partial charge in [0, 0.05) is 0 Å². The zero-order chi connectivity index (χ0) is 9.40. The van der Waals surface area contributed by atoms with Gasteiger partial charge in [-0.25, -0.2) is 0 Å². The molecule has 0 aliphatic rings. The van der Waals surface area contributed by atoms with Crippen molar-refractivity contribution in [3.05, 3.63) is 0 Å². The number of esters is 2. The average molecular weight is 228 g/mol. The molecule has 2 N–H and O–H groups in total. The first-order valence-electron chi connectivity index (χ1n) is 3.23. The lowest BCUT2D eigenvalue weighted by Crippen LogP contribution is -2.14. The van der Waals surface area contributed by atoms with Crippen molar-refractivity contribution >= 4 is 37.2 Å². The minimum Gasteiger partial charge on any atom is -0.461 e. The number of hydrogen-bond donors (Lipinski definition) is 2. The van der Waals surface area contributed by atoms with Gasteiger partial charge in [-0.2, -0.15) is 25.3 Å². The number of ether oxygens (including phenoxy) is 2. The Hall–Kier alpha value is -0.400. The van der Waals surface area contributed by atoms with Gasteiger partial charge in [-0.1, -0.05) is 0 Å². The van der Waals surface area contributed by atoms with E-state index in [1.807, 2.05) is 0 Å². The van der Waals surface area contributed by atoms with Gasteiger partial charge >= 0.3 is 11.9 Å². The molecule has 0 aromatic carbocycles. The number of thiol groups is 2. The van der Waals surface area contributed by atoms with Crippen LogP contribution in [0.4, 0.5) is 0 Å². The molecular formula is C6H12O5S2. The van der Waals surface area contributed by atoms with Gasteiger partial charge in [0.1, 0.15) is 13.2 Å². The van der Waals surface area contributed by atoms with E-state index < -0.39 is 11.9 Å². The third-order valence-corrected chi connectivity index (χ3v) is 1.38.